The highest BCUT2D eigenvalue weighted by Crippen LogP contribution is 2.33. The number of rotatable bonds is 0. The molecule has 136 valence electrons. The number of aliphatic hydroxyl groups is 2. The van der Waals surface area contributed by atoms with Crippen LogP contribution in [0.2, 0.25) is 0 Å². The molecule has 1 aromatic carbocycles. The molecule has 7 nitrogen and oxygen atoms in total. The molecule has 0 amide bonds. The Morgan fingerprint density at radius 3 is 2.48 bits per heavy atom. The van der Waals surface area contributed by atoms with Crippen LogP contribution in [0.4, 0.5) is 0 Å². The molecule has 2 unspecified atom stereocenters. The zero-order valence-corrected chi connectivity index (χ0v) is 13.9. The average Bonchev–Trinajstić information content (AvgIpc) is 2.55. The van der Waals surface area contributed by atoms with Crippen molar-refractivity contribution in [3.8, 4) is 11.5 Å². The number of fused-ring (bicyclic) bond motifs is 1. The Morgan fingerprint density at radius 1 is 1.08 bits per heavy atom. The van der Waals surface area contributed by atoms with E-state index in [4.69, 9.17) is 4.74 Å². The first-order valence-electron chi connectivity index (χ1n) is 8.08. The number of esters is 1. The fourth-order valence-corrected chi connectivity index (χ4v) is 2.70. The lowest BCUT2D eigenvalue weighted by Crippen LogP contribution is -2.27. The summed E-state index contributed by atoms with van der Waals surface area (Å²) in [5.74, 6) is -1.88. The van der Waals surface area contributed by atoms with Gasteiger partial charge in [-0.3, -0.25) is 4.79 Å². The minimum Gasteiger partial charge on any atom is -0.508 e. The Morgan fingerprint density at radius 2 is 1.76 bits per heavy atom. The van der Waals surface area contributed by atoms with Gasteiger partial charge in [-0.2, -0.15) is 0 Å². The van der Waals surface area contributed by atoms with E-state index in [-0.39, 0.29) is 48.5 Å². The van der Waals surface area contributed by atoms with Crippen LogP contribution in [0.3, 0.4) is 0 Å². The van der Waals surface area contributed by atoms with Crippen molar-refractivity contribution in [3.63, 3.8) is 0 Å². The molecule has 0 aliphatic carbocycles. The van der Waals surface area contributed by atoms with Crippen molar-refractivity contribution >= 4 is 11.8 Å². The van der Waals surface area contributed by atoms with Gasteiger partial charge in [-0.25, -0.2) is 4.79 Å². The lowest BCUT2D eigenvalue weighted by Gasteiger charge is -2.18. The smallest absolute Gasteiger partial charge is 0.342 e. The maximum Gasteiger partial charge on any atom is 0.342 e. The second-order valence-electron chi connectivity index (χ2n) is 6.08. The highest BCUT2D eigenvalue weighted by molar-refractivity contribution is 5.99. The Kier molecular flexibility index (Phi) is 6.17. The van der Waals surface area contributed by atoms with Gasteiger partial charge in [0.2, 0.25) is 0 Å². The predicted octanol–water partition coefficient (Wildman–Crippen LogP) is 1.14. The molecule has 2 rings (SSSR count). The molecule has 7 heteroatoms. The average molecular weight is 350 g/mol. The quantitative estimate of drug-likeness (QED) is 0.517. The van der Waals surface area contributed by atoms with Crippen LogP contribution in [0.25, 0.3) is 0 Å². The first-order chi connectivity index (χ1) is 11.8. The monoisotopic (exact) mass is 350 g/mol. The number of ketones is 1. The summed E-state index contributed by atoms with van der Waals surface area (Å²) in [6.07, 6.45) is 1.40. The van der Waals surface area contributed by atoms with Gasteiger partial charge in [0.25, 0.3) is 0 Å². The van der Waals surface area contributed by atoms with E-state index in [0.717, 1.165) is 6.07 Å². The number of carbonyl (C=O) groups is 2. The van der Waals surface area contributed by atoms with Crippen LogP contribution in [-0.2, 0) is 16.0 Å². The van der Waals surface area contributed by atoms with Crippen molar-refractivity contribution in [2.45, 2.75) is 44.8 Å². The molecule has 0 aromatic heterocycles. The largest absolute Gasteiger partial charge is 0.508 e. The second kappa shape index (κ2) is 8.13. The number of ether oxygens (including phenoxy) is 1. The summed E-state index contributed by atoms with van der Waals surface area (Å²) >= 11 is 0. The Bertz CT molecular complexity index is 693. The number of aliphatic hydroxyl groups excluding tert-OH is 2. The van der Waals surface area contributed by atoms with Crippen LogP contribution in [0.1, 0.15) is 40.7 Å². The zero-order valence-electron chi connectivity index (χ0n) is 13.9. The zero-order chi connectivity index (χ0) is 18.6. The van der Waals surface area contributed by atoms with Crippen molar-refractivity contribution in [2.24, 2.45) is 0 Å². The summed E-state index contributed by atoms with van der Waals surface area (Å²) < 4.78 is 5.06. The standard InChI is InChI=1S/C18H22O7/c1-10-12-8-11(19)4-2-3-5-13(20)14(21)6-7-25-18(24)17(12)16(23)9-15(10)22/h2,4,9,13-14,20-23H,3,5-8H2,1H3/b4-2+. The molecule has 0 radical (unpaired) electrons. The number of allylic oxidation sites excluding steroid dienone is 2. The van der Waals surface area contributed by atoms with Crippen molar-refractivity contribution in [1.29, 1.82) is 0 Å². The number of aromatic hydroxyl groups is 2. The molecular weight excluding hydrogens is 328 g/mol. The van der Waals surface area contributed by atoms with Crippen molar-refractivity contribution in [1.82, 2.24) is 0 Å². The Hall–Kier alpha value is -2.38. The van der Waals surface area contributed by atoms with Gasteiger partial charge in [-0.05, 0) is 37.0 Å². The first-order valence-corrected chi connectivity index (χ1v) is 8.08. The third-order valence-electron chi connectivity index (χ3n) is 4.25. The van der Waals surface area contributed by atoms with E-state index in [1.165, 1.54) is 6.08 Å². The Balaban J connectivity index is 2.41. The van der Waals surface area contributed by atoms with Gasteiger partial charge in [0, 0.05) is 18.9 Å². The molecule has 0 spiro atoms. The summed E-state index contributed by atoms with van der Waals surface area (Å²) in [5, 5.41) is 39.6. The normalized spacial score (nSPS) is 24.1. The number of cyclic esters (lactones) is 1. The maximum absolute atomic E-state index is 12.3. The minimum atomic E-state index is -1.06. The molecule has 1 aliphatic rings. The van der Waals surface area contributed by atoms with E-state index < -0.39 is 23.9 Å². The molecule has 0 saturated heterocycles. The lowest BCUT2D eigenvalue weighted by atomic mass is 9.95. The highest BCUT2D eigenvalue weighted by atomic mass is 16.5. The molecular formula is C18H22O7. The van der Waals surface area contributed by atoms with E-state index in [1.807, 2.05) is 0 Å². The Labute approximate surface area is 145 Å². The maximum atomic E-state index is 12.3. The number of phenolic OH excluding ortho intramolecular Hbond substituents is 2. The van der Waals surface area contributed by atoms with E-state index in [0.29, 0.717) is 12.0 Å². The van der Waals surface area contributed by atoms with Crippen LogP contribution in [0.15, 0.2) is 18.2 Å². The molecule has 1 aromatic rings. The van der Waals surface area contributed by atoms with Gasteiger partial charge in [0.15, 0.2) is 5.78 Å². The van der Waals surface area contributed by atoms with Crippen LogP contribution >= 0.6 is 0 Å². The predicted molar refractivity (Wildman–Crippen MR) is 88.5 cm³/mol. The molecule has 0 saturated carbocycles. The summed E-state index contributed by atoms with van der Waals surface area (Å²) in [6.45, 7) is 1.39. The number of hydrogen-bond donors (Lipinski definition) is 4. The number of phenols is 2. The molecule has 1 heterocycles. The van der Waals surface area contributed by atoms with E-state index >= 15 is 0 Å². The van der Waals surface area contributed by atoms with Gasteiger partial charge in [0.1, 0.15) is 17.1 Å². The van der Waals surface area contributed by atoms with Gasteiger partial charge in [-0.15, -0.1) is 0 Å². The van der Waals surface area contributed by atoms with Crippen molar-refractivity contribution < 1.29 is 34.8 Å². The third-order valence-corrected chi connectivity index (χ3v) is 4.25. The van der Waals surface area contributed by atoms with Crippen molar-refractivity contribution in [3.05, 3.63) is 34.9 Å². The first kappa shape index (κ1) is 19.0. The number of benzene rings is 1. The molecule has 2 atom stereocenters. The SMILES string of the molecule is Cc1c(O)cc(O)c2c1CC(=O)/C=C/CCC(O)C(O)CCOC2=O. The van der Waals surface area contributed by atoms with Gasteiger partial charge in [-0.1, -0.05) is 6.08 Å². The van der Waals surface area contributed by atoms with E-state index in [1.54, 1.807) is 13.0 Å². The number of carbonyl (C=O) groups excluding carboxylic acids is 2. The third kappa shape index (κ3) is 4.58. The molecule has 0 fully saturated rings. The molecule has 25 heavy (non-hydrogen) atoms. The second-order valence-corrected chi connectivity index (χ2v) is 6.08. The van der Waals surface area contributed by atoms with Gasteiger partial charge < -0.3 is 25.2 Å². The number of hydrogen-bond acceptors (Lipinski definition) is 7. The molecule has 4 N–H and O–H groups in total. The van der Waals surface area contributed by atoms with Gasteiger partial charge >= 0.3 is 5.97 Å². The van der Waals surface area contributed by atoms with E-state index in [9.17, 15) is 30.0 Å². The molecule has 0 bridgehead atoms. The van der Waals surface area contributed by atoms with Gasteiger partial charge in [0.05, 0.1) is 18.8 Å². The molecule has 1 aliphatic heterocycles. The van der Waals surface area contributed by atoms with Crippen LogP contribution < -0.4 is 0 Å². The fourth-order valence-electron chi connectivity index (χ4n) is 2.70. The fraction of sp³-hybridized carbons (Fsp3) is 0.444. The van der Waals surface area contributed by atoms with Crippen LogP contribution in [0, 0.1) is 6.92 Å². The highest BCUT2D eigenvalue weighted by Gasteiger charge is 2.24. The van der Waals surface area contributed by atoms with E-state index in [2.05, 4.69) is 0 Å². The lowest BCUT2D eigenvalue weighted by molar-refractivity contribution is -0.114. The van der Waals surface area contributed by atoms with Crippen LogP contribution in [0.5, 0.6) is 11.5 Å². The van der Waals surface area contributed by atoms with Crippen molar-refractivity contribution in [2.75, 3.05) is 6.61 Å². The van der Waals surface area contributed by atoms with Crippen LogP contribution in [-0.4, -0.2) is 51.0 Å². The summed E-state index contributed by atoms with van der Waals surface area (Å²) in [7, 11) is 0. The topological polar surface area (TPSA) is 124 Å². The summed E-state index contributed by atoms with van der Waals surface area (Å²) in [4.78, 5) is 24.4. The summed E-state index contributed by atoms with van der Waals surface area (Å²) in [5.41, 5.74) is 0.341. The minimum absolute atomic E-state index is 0.0444. The summed E-state index contributed by atoms with van der Waals surface area (Å²) in [6, 6.07) is 1.03.